The van der Waals surface area contributed by atoms with Gasteiger partial charge < -0.3 is 14.9 Å². The fourth-order valence-electron chi connectivity index (χ4n) is 4.83. The first kappa shape index (κ1) is 13.1. The van der Waals surface area contributed by atoms with Crippen molar-refractivity contribution in [1.82, 2.24) is 0 Å². The third kappa shape index (κ3) is 1.69. The van der Waals surface area contributed by atoms with Crippen molar-refractivity contribution < 1.29 is 19.7 Å². The van der Waals surface area contributed by atoms with Gasteiger partial charge in [-0.05, 0) is 31.6 Å². The van der Waals surface area contributed by atoms with Crippen molar-refractivity contribution in [1.29, 1.82) is 0 Å². The highest BCUT2D eigenvalue weighted by molar-refractivity contribution is 5.91. The lowest BCUT2D eigenvalue weighted by molar-refractivity contribution is -0.194. The number of rotatable bonds is 0. The maximum absolute atomic E-state index is 11.7. The summed E-state index contributed by atoms with van der Waals surface area (Å²) in [6.45, 7) is 7.66. The lowest BCUT2D eigenvalue weighted by Gasteiger charge is -2.56. The summed E-state index contributed by atoms with van der Waals surface area (Å²) in [6, 6.07) is 0. The van der Waals surface area contributed by atoms with Crippen molar-refractivity contribution in [3.8, 4) is 0 Å². The van der Waals surface area contributed by atoms with Crippen LogP contribution >= 0.6 is 0 Å². The first-order chi connectivity index (χ1) is 8.76. The molecular formula is C15H22O4. The molecule has 6 atom stereocenters. The zero-order valence-electron chi connectivity index (χ0n) is 11.6. The fraction of sp³-hybridized carbons (Fsp3) is 0.800. The number of hydrogen-bond acceptors (Lipinski definition) is 4. The van der Waals surface area contributed by atoms with Crippen LogP contribution in [0, 0.1) is 17.3 Å². The Morgan fingerprint density at radius 1 is 1.37 bits per heavy atom. The quantitative estimate of drug-likeness (QED) is 0.514. The van der Waals surface area contributed by atoms with E-state index in [0.717, 1.165) is 12.8 Å². The monoisotopic (exact) mass is 266 g/mol. The third-order valence-corrected chi connectivity index (χ3v) is 5.55. The lowest BCUT2D eigenvalue weighted by atomic mass is 9.51. The Bertz CT molecular complexity index is 441. The second kappa shape index (κ2) is 3.83. The molecule has 19 heavy (non-hydrogen) atoms. The molecule has 0 aromatic rings. The molecule has 0 aromatic heterocycles. The van der Waals surface area contributed by atoms with Gasteiger partial charge in [-0.25, -0.2) is 4.79 Å². The van der Waals surface area contributed by atoms with E-state index < -0.39 is 17.7 Å². The Balaban J connectivity index is 2.01. The van der Waals surface area contributed by atoms with Gasteiger partial charge in [-0.1, -0.05) is 19.9 Å². The summed E-state index contributed by atoms with van der Waals surface area (Å²) in [7, 11) is 0. The minimum absolute atomic E-state index is 0.173. The van der Waals surface area contributed by atoms with Crippen molar-refractivity contribution >= 4 is 5.97 Å². The smallest absolute Gasteiger partial charge is 0.334 e. The SMILES string of the molecule is C=C1C(=O)OC2CC3(C)CCCC(C)(O)C3C(O)C12. The molecule has 4 nitrogen and oxygen atoms in total. The first-order valence-corrected chi connectivity index (χ1v) is 7.06. The lowest BCUT2D eigenvalue weighted by Crippen LogP contribution is -2.60. The molecule has 0 bridgehead atoms. The zero-order chi connectivity index (χ0) is 14.0. The molecule has 4 heteroatoms. The van der Waals surface area contributed by atoms with E-state index in [2.05, 4.69) is 13.5 Å². The highest BCUT2D eigenvalue weighted by Gasteiger charge is 2.61. The summed E-state index contributed by atoms with van der Waals surface area (Å²) < 4.78 is 5.35. The van der Waals surface area contributed by atoms with E-state index in [9.17, 15) is 15.0 Å². The second-order valence-corrected chi connectivity index (χ2v) is 7.03. The molecule has 0 amide bonds. The molecule has 2 N–H and O–H groups in total. The average molecular weight is 266 g/mol. The Morgan fingerprint density at radius 3 is 2.74 bits per heavy atom. The van der Waals surface area contributed by atoms with E-state index in [1.807, 2.05) is 0 Å². The Kier molecular flexibility index (Phi) is 2.64. The third-order valence-electron chi connectivity index (χ3n) is 5.55. The van der Waals surface area contributed by atoms with E-state index in [0.29, 0.717) is 18.4 Å². The van der Waals surface area contributed by atoms with Gasteiger partial charge in [0.1, 0.15) is 6.10 Å². The highest BCUT2D eigenvalue weighted by atomic mass is 16.6. The van der Waals surface area contributed by atoms with Gasteiger partial charge in [0.25, 0.3) is 0 Å². The summed E-state index contributed by atoms with van der Waals surface area (Å²) in [5.41, 5.74) is -0.697. The molecule has 3 aliphatic rings. The number of fused-ring (bicyclic) bond motifs is 2. The molecule has 2 aliphatic carbocycles. The van der Waals surface area contributed by atoms with Crippen molar-refractivity contribution in [3.05, 3.63) is 12.2 Å². The maximum atomic E-state index is 11.7. The van der Waals surface area contributed by atoms with Gasteiger partial charge in [0.2, 0.25) is 0 Å². The number of esters is 1. The van der Waals surface area contributed by atoms with Gasteiger partial charge in [0, 0.05) is 11.5 Å². The standard InChI is InChI=1S/C15H22O4/c1-8-10-9(19-13(8)17)7-14(2)5-4-6-15(3,18)12(14)11(10)16/h9-12,16,18H,1,4-7H2,2-3H3. The van der Waals surface area contributed by atoms with Crippen molar-refractivity contribution in [2.45, 2.75) is 57.3 Å². The second-order valence-electron chi connectivity index (χ2n) is 7.03. The molecular weight excluding hydrogens is 244 g/mol. The molecule has 1 aliphatic heterocycles. The van der Waals surface area contributed by atoms with Gasteiger partial charge in [-0.2, -0.15) is 0 Å². The van der Waals surface area contributed by atoms with Crippen LogP contribution in [0.1, 0.15) is 39.5 Å². The van der Waals surface area contributed by atoms with E-state index in [4.69, 9.17) is 4.74 Å². The molecule has 106 valence electrons. The topological polar surface area (TPSA) is 66.8 Å². The van der Waals surface area contributed by atoms with Gasteiger partial charge in [0.05, 0.1) is 17.6 Å². The van der Waals surface area contributed by atoms with E-state index >= 15 is 0 Å². The van der Waals surface area contributed by atoms with Crippen LogP contribution in [-0.2, 0) is 9.53 Å². The molecule has 3 rings (SSSR count). The minimum Gasteiger partial charge on any atom is -0.458 e. The largest absolute Gasteiger partial charge is 0.458 e. The van der Waals surface area contributed by atoms with Crippen molar-refractivity contribution in [2.24, 2.45) is 17.3 Å². The molecule has 0 aromatic carbocycles. The van der Waals surface area contributed by atoms with Crippen LogP contribution in [0.2, 0.25) is 0 Å². The molecule has 1 heterocycles. The number of aliphatic hydroxyl groups is 2. The Labute approximate surface area is 113 Å². The number of carbonyl (C=O) groups excluding carboxylic acids is 1. The van der Waals surface area contributed by atoms with Gasteiger partial charge in [0.15, 0.2) is 0 Å². The summed E-state index contributed by atoms with van der Waals surface area (Å²) in [4.78, 5) is 11.7. The summed E-state index contributed by atoms with van der Waals surface area (Å²) in [5.74, 6) is -0.965. The van der Waals surface area contributed by atoms with Crippen LogP contribution < -0.4 is 0 Å². The predicted octanol–water partition coefficient (Wildman–Crippen LogP) is 1.41. The summed E-state index contributed by atoms with van der Waals surface area (Å²) >= 11 is 0. The van der Waals surface area contributed by atoms with Gasteiger partial charge in [-0.3, -0.25) is 0 Å². The summed E-state index contributed by atoms with van der Waals surface area (Å²) in [5, 5.41) is 21.4. The number of carbonyl (C=O) groups is 1. The molecule has 1 saturated heterocycles. The zero-order valence-corrected chi connectivity index (χ0v) is 11.6. The average Bonchev–Trinajstić information content (AvgIpc) is 2.51. The molecule has 6 unspecified atom stereocenters. The van der Waals surface area contributed by atoms with Crippen LogP contribution in [0.15, 0.2) is 12.2 Å². The van der Waals surface area contributed by atoms with Crippen LogP contribution in [0.5, 0.6) is 0 Å². The fourth-order valence-corrected chi connectivity index (χ4v) is 4.83. The predicted molar refractivity (Wildman–Crippen MR) is 69.2 cm³/mol. The normalized spacial score (nSPS) is 53.5. The van der Waals surface area contributed by atoms with Crippen LogP contribution in [-0.4, -0.2) is 34.0 Å². The Hall–Kier alpha value is -0.870. The van der Waals surface area contributed by atoms with Gasteiger partial charge >= 0.3 is 5.97 Å². The van der Waals surface area contributed by atoms with Crippen LogP contribution in [0.3, 0.4) is 0 Å². The number of aliphatic hydroxyl groups excluding tert-OH is 1. The highest BCUT2D eigenvalue weighted by Crippen LogP contribution is 2.58. The van der Waals surface area contributed by atoms with Crippen molar-refractivity contribution in [2.75, 3.05) is 0 Å². The minimum atomic E-state index is -0.886. The number of hydrogen-bond donors (Lipinski definition) is 2. The molecule has 2 saturated carbocycles. The summed E-state index contributed by atoms with van der Waals surface area (Å²) in [6.07, 6.45) is 2.28. The molecule has 3 fully saturated rings. The van der Waals surface area contributed by atoms with Crippen LogP contribution in [0.25, 0.3) is 0 Å². The van der Waals surface area contributed by atoms with Crippen molar-refractivity contribution in [3.63, 3.8) is 0 Å². The van der Waals surface area contributed by atoms with E-state index in [1.165, 1.54) is 0 Å². The number of ether oxygens (including phenoxy) is 1. The first-order valence-electron chi connectivity index (χ1n) is 7.06. The molecule has 0 radical (unpaired) electrons. The Morgan fingerprint density at radius 2 is 2.05 bits per heavy atom. The maximum Gasteiger partial charge on any atom is 0.334 e. The molecule has 0 spiro atoms. The van der Waals surface area contributed by atoms with Crippen LogP contribution in [0.4, 0.5) is 0 Å². The van der Waals surface area contributed by atoms with Gasteiger partial charge in [-0.15, -0.1) is 0 Å². The van der Waals surface area contributed by atoms with E-state index in [1.54, 1.807) is 6.92 Å². The van der Waals surface area contributed by atoms with E-state index in [-0.39, 0.29) is 23.4 Å².